The maximum atomic E-state index is 12.1. The number of rotatable bonds is 5. The van der Waals surface area contributed by atoms with Gasteiger partial charge in [0.25, 0.3) is 11.8 Å². The summed E-state index contributed by atoms with van der Waals surface area (Å²) >= 11 is 0. The van der Waals surface area contributed by atoms with Crippen LogP contribution in [0.15, 0.2) is 36.4 Å². The van der Waals surface area contributed by atoms with Crippen LogP contribution in [0.5, 0.6) is 0 Å². The van der Waals surface area contributed by atoms with Gasteiger partial charge in [0.2, 0.25) is 0 Å². The number of carbonyl (C=O) groups excluding carboxylic acids is 2. The van der Waals surface area contributed by atoms with Crippen molar-refractivity contribution >= 4 is 17.6 Å². The molecule has 116 valence electrons. The van der Waals surface area contributed by atoms with E-state index in [1.54, 1.807) is 37.4 Å². The molecule has 0 spiro atoms. The van der Waals surface area contributed by atoms with Crippen molar-refractivity contribution in [2.45, 2.75) is 26.3 Å². The topological polar surface area (TPSA) is 76.0 Å². The standard InChI is InChI=1S/C16H20N4O2/c1-4-11(2)17-16(22)13-10-14(20(3)19-13)18-15(21)12-8-6-5-7-9-12/h5-11H,4H2,1-3H3,(H,17,22)(H,18,21). The zero-order valence-corrected chi connectivity index (χ0v) is 13.0. The van der Waals surface area contributed by atoms with E-state index in [-0.39, 0.29) is 23.6 Å². The maximum Gasteiger partial charge on any atom is 0.272 e. The van der Waals surface area contributed by atoms with Crippen molar-refractivity contribution in [3.8, 4) is 0 Å². The smallest absolute Gasteiger partial charge is 0.272 e. The molecule has 0 aliphatic rings. The number of nitrogens with one attached hydrogen (secondary N) is 2. The Bertz CT molecular complexity index is 664. The quantitative estimate of drug-likeness (QED) is 0.888. The predicted octanol–water partition coefficient (Wildman–Crippen LogP) is 2.20. The maximum absolute atomic E-state index is 12.1. The van der Waals surface area contributed by atoms with Crippen LogP contribution in [-0.2, 0) is 7.05 Å². The second-order valence-electron chi connectivity index (χ2n) is 5.14. The third-order valence-electron chi connectivity index (χ3n) is 3.38. The molecule has 6 nitrogen and oxygen atoms in total. The van der Waals surface area contributed by atoms with Crippen LogP contribution >= 0.6 is 0 Å². The molecular formula is C16H20N4O2. The number of nitrogens with zero attached hydrogens (tertiary/aromatic N) is 2. The fraction of sp³-hybridized carbons (Fsp3) is 0.312. The minimum Gasteiger partial charge on any atom is -0.348 e. The molecule has 1 aromatic carbocycles. The van der Waals surface area contributed by atoms with Crippen molar-refractivity contribution in [1.82, 2.24) is 15.1 Å². The lowest BCUT2D eigenvalue weighted by Crippen LogP contribution is -2.32. The Kier molecular flexibility index (Phi) is 4.93. The van der Waals surface area contributed by atoms with Gasteiger partial charge in [0, 0.05) is 24.7 Å². The molecule has 1 heterocycles. The fourth-order valence-corrected chi connectivity index (χ4v) is 1.87. The summed E-state index contributed by atoms with van der Waals surface area (Å²) in [5.41, 5.74) is 0.834. The minimum absolute atomic E-state index is 0.0804. The van der Waals surface area contributed by atoms with Crippen LogP contribution < -0.4 is 10.6 Å². The van der Waals surface area contributed by atoms with E-state index in [1.807, 2.05) is 19.9 Å². The van der Waals surface area contributed by atoms with Gasteiger partial charge in [-0.3, -0.25) is 14.3 Å². The zero-order chi connectivity index (χ0) is 16.1. The molecule has 2 rings (SSSR count). The Morgan fingerprint density at radius 2 is 1.91 bits per heavy atom. The van der Waals surface area contributed by atoms with Gasteiger partial charge in [0.15, 0.2) is 5.69 Å². The number of anilines is 1. The zero-order valence-electron chi connectivity index (χ0n) is 13.0. The summed E-state index contributed by atoms with van der Waals surface area (Å²) in [4.78, 5) is 24.2. The first-order valence-corrected chi connectivity index (χ1v) is 7.22. The number of aryl methyl sites for hydroxylation is 1. The van der Waals surface area contributed by atoms with Gasteiger partial charge in [-0.2, -0.15) is 5.10 Å². The van der Waals surface area contributed by atoms with Crippen LogP contribution in [0, 0.1) is 0 Å². The highest BCUT2D eigenvalue weighted by Gasteiger charge is 2.16. The molecule has 2 amide bonds. The summed E-state index contributed by atoms with van der Waals surface area (Å²) in [5, 5.41) is 9.73. The van der Waals surface area contributed by atoms with Crippen LogP contribution in [0.25, 0.3) is 0 Å². The molecule has 1 aromatic heterocycles. The van der Waals surface area contributed by atoms with Crippen LogP contribution in [0.2, 0.25) is 0 Å². The first kappa shape index (κ1) is 15.8. The van der Waals surface area contributed by atoms with Crippen molar-refractivity contribution < 1.29 is 9.59 Å². The Labute approximate surface area is 129 Å². The lowest BCUT2D eigenvalue weighted by Gasteiger charge is -2.09. The molecule has 0 fully saturated rings. The van der Waals surface area contributed by atoms with E-state index in [9.17, 15) is 9.59 Å². The van der Waals surface area contributed by atoms with E-state index in [4.69, 9.17) is 0 Å². The van der Waals surface area contributed by atoms with E-state index in [2.05, 4.69) is 15.7 Å². The van der Waals surface area contributed by atoms with Gasteiger partial charge in [-0.25, -0.2) is 0 Å². The lowest BCUT2D eigenvalue weighted by molar-refractivity contribution is 0.0932. The third-order valence-corrected chi connectivity index (χ3v) is 3.38. The molecule has 0 aliphatic heterocycles. The molecule has 1 atom stereocenters. The Balaban J connectivity index is 2.10. The SMILES string of the molecule is CCC(C)NC(=O)c1cc(NC(=O)c2ccccc2)n(C)n1. The second-order valence-corrected chi connectivity index (χ2v) is 5.14. The van der Waals surface area contributed by atoms with Crippen molar-refractivity contribution in [3.63, 3.8) is 0 Å². The van der Waals surface area contributed by atoms with Crippen molar-refractivity contribution in [2.24, 2.45) is 7.05 Å². The van der Waals surface area contributed by atoms with Gasteiger partial charge in [0.1, 0.15) is 5.82 Å². The lowest BCUT2D eigenvalue weighted by atomic mass is 10.2. The molecule has 0 saturated heterocycles. The van der Waals surface area contributed by atoms with Gasteiger partial charge >= 0.3 is 0 Å². The van der Waals surface area contributed by atoms with Crippen LogP contribution in [0.1, 0.15) is 41.1 Å². The van der Waals surface area contributed by atoms with Gasteiger partial charge < -0.3 is 10.6 Å². The average Bonchev–Trinajstić information content (AvgIpc) is 2.89. The van der Waals surface area contributed by atoms with Crippen LogP contribution in [0.4, 0.5) is 5.82 Å². The van der Waals surface area contributed by atoms with Crippen molar-refractivity contribution in [3.05, 3.63) is 47.7 Å². The normalized spacial score (nSPS) is 11.8. The van der Waals surface area contributed by atoms with Gasteiger partial charge in [-0.05, 0) is 25.5 Å². The highest BCUT2D eigenvalue weighted by atomic mass is 16.2. The van der Waals surface area contributed by atoms with Gasteiger partial charge in [0.05, 0.1) is 0 Å². The van der Waals surface area contributed by atoms with Gasteiger partial charge in [-0.1, -0.05) is 25.1 Å². The van der Waals surface area contributed by atoms with Crippen LogP contribution in [-0.4, -0.2) is 27.6 Å². The summed E-state index contributed by atoms with van der Waals surface area (Å²) < 4.78 is 1.48. The largest absolute Gasteiger partial charge is 0.348 e. The number of carbonyl (C=O) groups is 2. The third kappa shape index (κ3) is 3.72. The highest BCUT2D eigenvalue weighted by Crippen LogP contribution is 2.11. The Morgan fingerprint density at radius 3 is 2.55 bits per heavy atom. The highest BCUT2D eigenvalue weighted by molar-refractivity contribution is 6.04. The summed E-state index contributed by atoms with van der Waals surface area (Å²) in [6, 6.07) is 10.5. The summed E-state index contributed by atoms with van der Waals surface area (Å²) in [5.74, 6) is -0.00852. The Hall–Kier alpha value is -2.63. The molecule has 2 N–H and O–H groups in total. The number of amides is 2. The molecule has 0 radical (unpaired) electrons. The minimum atomic E-state index is -0.245. The van der Waals surface area contributed by atoms with E-state index in [0.29, 0.717) is 11.4 Å². The van der Waals surface area contributed by atoms with Gasteiger partial charge in [-0.15, -0.1) is 0 Å². The van der Waals surface area contributed by atoms with E-state index in [0.717, 1.165) is 6.42 Å². The molecule has 0 bridgehead atoms. The summed E-state index contributed by atoms with van der Waals surface area (Å²) in [6.07, 6.45) is 0.843. The average molecular weight is 300 g/mol. The molecule has 0 aliphatic carbocycles. The molecule has 1 unspecified atom stereocenters. The monoisotopic (exact) mass is 300 g/mol. The van der Waals surface area contributed by atoms with Crippen molar-refractivity contribution in [2.75, 3.05) is 5.32 Å². The van der Waals surface area contributed by atoms with E-state index >= 15 is 0 Å². The van der Waals surface area contributed by atoms with Crippen molar-refractivity contribution in [1.29, 1.82) is 0 Å². The summed E-state index contributed by atoms with van der Waals surface area (Å²) in [7, 11) is 1.68. The predicted molar refractivity (Wildman–Crippen MR) is 84.8 cm³/mol. The first-order valence-electron chi connectivity index (χ1n) is 7.22. The number of aromatic nitrogens is 2. The molecule has 22 heavy (non-hydrogen) atoms. The van der Waals surface area contributed by atoms with E-state index < -0.39 is 0 Å². The molecule has 2 aromatic rings. The van der Waals surface area contributed by atoms with E-state index in [1.165, 1.54) is 4.68 Å². The molecular weight excluding hydrogens is 280 g/mol. The molecule has 0 saturated carbocycles. The number of benzene rings is 1. The first-order chi connectivity index (χ1) is 10.5. The summed E-state index contributed by atoms with van der Waals surface area (Å²) in [6.45, 7) is 3.92. The number of hydrogen-bond acceptors (Lipinski definition) is 3. The number of hydrogen-bond donors (Lipinski definition) is 2. The second kappa shape index (κ2) is 6.89. The van der Waals surface area contributed by atoms with Crippen LogP contribution in [0.3, 0.4) is 0 Å². The Morgan fingerprint density at radius 1 is 1.23 bits per heavy atom. The fourth-order valence-electron chi connectivity index (χ4n) is 1.87. The molecule has 6 heteroatoms.